The third-order valence-corrected chi connectivity index (χ3v) is 2.87. The summed E-state index contributed by atoms with van der Waals surface area (Å²) >= 11 is 1.50. The predicted molar refractivity (Wildman–Crippen MR) is 39.6 cm³/mol. The van der Waals surface area contributed by atoms with Gasteiger partial charge in [0, 0.05) is 0 Å². The predicted octanol–water partition coefficient (Wildman–Crippen LogP) is 1.07. The molecule has 0 N–H and O–H groups in total. The van der Waals surface area contributed by atoms with E-state index in [9.17, 15) is 0 Å². The molecule has 0 unspecified atom stereocenters. The Morgan fingerprint density at radius 1 is 1.40 bits per heavy atom. The zero-order valence-electron chi connectivity index (χ0n) is 5.41. The fourth-order valence-corrected chi connectivity index (χ4v) is 1.96. The molecule has 45 valence electrons. The van der Waals surface area contributed by atoms with E-state index in [1.807, 2.05) is 12.3 Å². The summed E-state index contributed by atoms with van der Waals surface area (Å²) in [5, 5.41) is 0. The van der Waals surface area contributed by atoms with Gasteiger partial charge in [-0.15, -0.1) is 0 Å². The van der Waals surface area contributed by atoms with Gasteiger partial charge in [0.15, 0.2) is 0 Å². The van der Waals surface area contributed by atoms with E-state index in [2.05, 4.69) is 23.1 Å². The van der Waals surface area contributed by atoms with E-state index in [1.165, 1.54) is 33.5 Å². The van der Waals surface area contributed by atoms with E-state index in [4.69, 9.17) is 0 Å². The Labute approximate surface area is 75.5 Å². The first-order chi connectivity index (χ1) is 4.88. The molecule has 0 saturated heterocycles. The normalized spacial score (nSPS) is 20.5. The van der Waals surface area contributed by atoms with Crippen molar-refractivity contribution in [3.05, 3.63) is 33.0 Å². The van der Waals surface area contributed by atoms with Gasteiger partial charge in [-0.05, 0) is 0 Å². The van der Waals surface area contributed by atoms with Gasteiger partial charge < -0.3 is 0 Å². The number of allylic oxidation sites excluding steroid dienone is 3. The molecule has 0 radical (unpaired) electrons. The molecule has 0 bridgehead atoms. The average Bonchev–Trinajstić information content (AvgIpc) is 2.34. The molecule has 0 atom stereocenters. The Kier molecular flexibility index (Phi) is 1.61. The maximum absolute atomic E-state index is 4.25. The fraction of sp³-hybridized carbons (Fsp3) is 0. The van der Waals surface area contributed by atoms with Crippen molar-refractivity contribution >= 4 is 12.9 Å². The zero-order valence-corrected chi connectivity index (χ0v) is 7.87. The van der Waals surface area contributed by atoms with Gasteiger partial charge in [-0.25, -0.2) is 0 Å². The molecular weight excluding hydrogens is 200 g/mol. The second-order valence-electron chi connectivity index (χ2n) is 2.35. The first kappa shape index (κ1) is 6.54. The molecule has 2 rings (SSSR count). The summed E-state index contributed by atoms with van der Waals surface area (Å²) in [6, 6.07) is 0. The molecule has 2 aliphatic rings. The van der Waals surface area contributed by atoms with Crippen LogP contribution in [-0.2, 0) is 24.7 Å². The van der Waals surface area contributed by atoms with Crippen LogP contribution in [0.1, 0.15) is 0 Å². The summed E-state index contributed by atoms with van der Waals surface area (Å²) in [5.41, 5.74) is 1.20. The summed E-state index contributed by atoms with van der Waals surface area (Å²) in [4.78, 5) is 4.25. The molecule has 0 aromatic rings. The summed E-state index contributed by atoms with van der Waals surface area (Å²) in [7, 11) is 0. The first-order valence-corrected chi connectivity index (χ1v) is 4.45. The second kappa shape index (κ2) is 2.47. The Bertz CT molecular complexity index is 275. The number of rotatable bonds is 0. The summed E-state index contributed by atoms with van der Waals surface area (Å²) < 4.78 is 1.48. The second-order valence-corrected chi connectivity index (χ2v) is 3.77. The van der Waals surface area contributed by atoms with Crippen LogP contribution in [0.15, 0.2) is 38.0 Å². The monoisotopic (exact) mass is 204 g/mol. The fourth-order valence-electron chi connectivity index (χ4n) is 1.16. The minimum absolute atomic E-state index is 0.517. The van der Waals surface area contributed by atoms with Crippen molar-refractivity contribution in [3.8, 4) is 0 Å². The topological polar surface area (TPSA) is 12.4 Å². The van der Waals surface area contributed by atoms with Crippen LogP contribution in [0.3, 0.4) is 0 Å². The van der Waals surface area contributed by atoms with Crippen LogP contribution < -0.4 is 0 Å². The number of aliphatic imine (C=N–C) groups is 1. The summed E-state index contributed by atoms with van der Waals surface area (Å²) in [5.74, 6) is 2.20. The molecule has 10 heavy (non-hydrogen) atoms. The van der Waals surface area contributed by atoms with Crippen LogP contribution in [0.25, 0.3) is 0 Å². The van der Waals surface area contributed by atoms with Gasteiger partial charge in [0.1, 0.15) is 0 Å². The summed E-state index contributed by atoms with van der Waals surface area (Å²) in [6.07, 6.45) is 8.15. The average molecular weight is 205 g/mol. The maximum atomic E-state index is 4.25. The van der Waals surface area contributed by atoms with Gasteiger partial charge >= 0.3 is 75.6 Å². The molecule has 0 amide bonds. The van der Waals surface area contributed by atoms with Crippen LogP contribution in [0.2, 0.25) is 0 Å². The Hall–Kier alpha value is -0.162. The molecule has 0 saturated carbocycles. The van der Waals surface area contributed by atoms with Crippen molar-refractivity contribution in [1.29, 1.82) is 0 Å². The molecule has 0 aromatic heterocycles. The third-order valence-electron chi connectivity index (χ3n) is 1.70. The van der Waals surface area contributed by atoms with Gasteiger partial charge in [-0.2, -0.15) is 0 Å². The number of fused-ring (bicyclic) bond motifs is 1. The van der Waals surface area contributed by atoms with Gasteiger partial charge in [-0.1, -0.05) is 0 Å². The van der Waals surface area contributed by atoms with Crippen molar-refractivity contribution in [2.24, 2.45) is 4.99 Å². The first-order valence-electron chi connectivity index (χ1n) is 3.22. The molecule has 3 heteroatoms. The third kappa shape index (κ3) is 0.931. The van der Waals surface area contributed by atoms with E-state index in [-0.39, 0.29) is 0 Å². The van der Waals surface area contributed by atoms with Crippen LogP contribution >= 0.6 is 0 Å². The zero-order chi connectivity index (χ0) is 6.97. The quantitative estimate of drug-likeness (QED) is 0.524. The molecular formula is C7H5BNZr. The number of nitrogens with zero attached hydrogens (tertiary/aromatic N) is 1. The van der Waals surface area contributed by atoms with Gasteiger partial charge in [0.05, 0.1) is 0 Å². The summed E-state index contributed by atoms with van der Waals surface area (Å²) in [6.45, 7) is 0.517. The standard InChI is InChI=1S/C7H5BN.Zr/c1-3-7-8(4-1)5-2-6-9-7;/h1-3,5-6H;. The van der Waals surface area contributed by atoms with E-state index < -0.39 is 0 Å². The van der Waals surface area contributed by atoms with Crippen molar-refractivity contribution in [1.82, 2.24) is 0 Å². The number of hydrogen-bond donors (Lipinski definition) is 0. The van der Waals surface area contributed by atoms with E-state index in [0.29, 0.717) is 6.71 Å². The van der Waals surface area contributed by atoms with Crippen LogP contribution in [0.4, 0.5) is 0 Å². The van der Waals surface area contributed by atoms with E-state index in [0.717, 1.165) is 0 Å². The van der Waals surface area contributed by atoms with Crippen molar-refractivity contribution in [3.63, 3.8) is 0 Å². The van der Waals surface area contributed by atoms with Crippen molar-refractivity contribution < 1.29 is 24.7 Å². The molecule has 0 aliphatic carbocycles. The van der Waals surface area contributed by atoms with Crippen molar-refractivity contribution in [2.75, 3.05) is 0 Å². The Morgan fingerprint density at radius 2 is 2.30 bits per heavy atom. The molecule has 0 aromatic carbocycles. The molecule has 0 fully saturated rings. The Balaban J connectivity index is 2.39. The van der Waals surface area contributed by atoms with Gasteiger partial charge in [-0.3, -0.25) is 0 Å². The SMILES string of the molecule is [Zr][C]1=CC=C2N=CC=CB12. The van der Waals surface area contributed by atoms with Crippen molar-refractivity contribution in [2.45, 2.75) is 0 Å². The minimum atomic E-state index is 0.517. The van der Waals surface area contributed by atoms with Crippen LogP contribution in [0.5, 0.6) is 0 Å². The van der Waals surface area contributed by atoms with Gasteiger partial charge in [0.25, 0.3) is 0 Å². The number of hydrogen-bond acceptors (Lipinski definition) is 1. The van der Waals surface area contributed by atoms with E-state index in [1.54, 1.807) is 0 Å². The molecule has 1 nitrogen and oxygen atoms in total. The van der Waals surface area contributed by atoms with Crippen LogP contribution in [0, 0.1) is 0 Å². The van der Waals surface area contributed by atoms with Gasteiger partial charge in [0.2, 0.25) is 0 Å². The van der Waals surface area contributed by atoms with Crippen LogP contribution in [-0.4, -0.2) is 12.9 Å². The van der Waals surface area contributed by atoms with E-state index >= 15 is 0 Å². The molecule has 2 aliphatic heterocycles. The molecule has 0 spiro atoms. The molecule has 2 heterocycles. The Morgan fingerprint density at radius 3 is 3.10 bits per heavy atom.